The molecule has 0 saturated heterocycles. The molecule has 1 aromatic heterocycles. The van der Waals surface area contributed by atoms with Crippen molar-refractivity contribution in [2.24, 2.45) is 0 Å². The Balaban J connectivity index is 0.905. The van der Waals surface area contributed by atoms with Crippen molar-refractivity contribution in [3.05, 3.63) is 230 Å². The van der Waals surface area contributed by atoms with Gasteiger partial charge in [0.25, 0.3) is 0 Å². The van der Waals surface area contributed by atoms with Crippen LogP contribution in [0.15, 0.2) is 229 Å². The minimum absolute atomic E-state index is 0.248. The van der Waals surface area contributed by atoms with Crippen LogP contribution in [-0.2, 0) is 0 Å². The molecule has 57 heavy (non-hydrogen) atoms. The van der Waals surface area contributed by atoms with E-state index in [0.29, 0.717) is 0 Å². The Bertz CT molecular complexity index is 2770. The van der Waals surface area contributed by atoms with E-state index in [9.17, 15) is 0 Å². The van der Waals surface area contributed by atoms with E-state index in [1.165, 1.54) is 39.2 Å². The maximum atomic E-state index is 6.51. The molecule has 2 aliphatic rings. The third-order valence-corrected chi connectivity index (χ3v) is 11.3. The molecule has 0 aliphatic heterocycles. The highest BCUT2D eigenvalue weighted by Crippen LogP contribution is 2.43. The molecule has 8 aromatic rings. The smallest absolute Gasteiger partial charge is 0.159 e. The zero-order chi connectivity index (χ0) is 38.0. The predicted octanol–water partition coefficient (Wildman–Crippen LogP) is 14.7. The second-order valence-corrected chi connectivity index (χ2v) is 14.8. The van der Waals surface area contributed by atoms with Gasteiger partial charge >= 0.3 is 0 Å². The van der Waals surface area contributed by atoms with E-state index >= 15 is 0 Å². The molecule has 0 bridgehead atoms. The van der Waals surface area contributed by atoms with E-state index in [4.69, 9.17) is 4.42 Å². The summed E-state index contributed by atoms with van der Waals surface area (Å²) < 4.78 is 6.51. The Labute approximate surface area is 334 Å². The van der Waals surface area contributed by atoms with Gasteiger partial charge in [0, 0.05) is 39.4 Å². The molecule has 10 rings (SSSR count). The highest BCUT2D eigenvalue weighted by atomic mass is 16.3. The number of hydrogen-bond donors (Lipinski definition) is 0. The van der Waals surface area contributed by atoms with Gasteiger partial charge in [-0.15, -0.1) is 0 Å². The van der Waals surface area contributed by atoms with Gasteiger partial charge in [0.05, 0.1) is 11.7 Å². The van der Waals surface area contributed by atoms with Crippen molar-refractivity contribution in [3.8, 4) is 22.3 Å². The van der Waals surface area contributed by atoms with E-state index in [1.54, 1.807) is 0 Å². The number of fused-ring (bicyclic) bond motifs is 3. The van der Waals surface area contributed by atoms with Crippen LogP contribution in [-0.4, -0.2) is 6.04 Å². The Kier molecular flexibility index (Phi) is 9.18. The first-order valence-electron chi connectivity index (χ1n) is 19.9. The summed E-state index contributed by atoms with van der Waals surface area (Å²) in [7, 11) is 0. The summed E-state index contributed by atoms with van der Waals surface area (Å²) in [5.74, 6) is 0.289. The van der Waals surface area contributed by atoms with E-state index in [-0.39, 0.29) is 12.0 Å². The van der Waals surface area contributed by atoms with Crippen molar-refractivity contribution < 1.29 is 4.42 Å². The third-order valence-electron chi connectivity index (χ3n) is 11.3. The fourth-order valence-corrected chi connectivity index (χ4v) is 8.41. The molecule has 3 nitrogen and oxygen atoms in total. The monoisotopic (exact) mass is 734 g/mol. The van der Waals surface area contributed by atoms with E-state index in [1.807, 2.05) is 12.1 Å². The lowest BCUT2D eigenvalue weighted by atomic mass is 9.90. The van der Waals surface area contributed by atoms with Crippen LogP contribution in [0, 0.1) is 0 Å². The summed E-state index contributed by atoms with van der Waals surface area (Å²) >= 11 is 0. The molecule has 2 unspecified atom stereocenters. The molecule has 0 spiro atoms. The van der Waals surface area contributed by atoms with Crippen LogP contribution in [0.1, 0.15) is 24.3 Å². The average Bonchev–Trinajstić information content (AvgIpc) is 3.68. The predicted molar refractivity (Wildman–Crippen MR) is 239 cm³/mol. The van der Waals surface area contributed by atoms with E-state index in [2.05, 4.69) is 216 Å². The minimum Gasteiger partial charge on any atom is -0.454 e. The van der Waals surface area contributed by atoms with Gasteiger partial charge in [-0.25, -0.2) is 0 Å². The van der Waals surface area contributed by atoms with Crippen molar-refractivity contribution in [3.63, 3.8) is 0 Å². The highest BCUT2D eigenvalue weighted by molar-refractivity contribution is 6.10. The first-order valence-corrected chi connectivity index (χ1v) is 19.9. The number of hydrogen-bond acceptors (Lipinski definition) is 3. The lowest BCUT2D eigenvalue weighted by Gasteiger charge is -2.35. The van der Waals surface area contributed by atoms with Crippen LogP contribution in [0.3, 0.4) is 0 Å². The number of para-hydroxylation sites is 3. The quantitative estimate of drug-likeness (QED) is 0.147. The molecule has 1 heterocycles. The molecular formula is C54H42N2O. The Hall–Kier alpha value is -7.10. The van der Waals surface area contributed by atoms with Crippen molar-refractivity contribution in [1.82, 2.24) is 0 Å². The first-order chi connectivity index (χ1) is 28.3. The van der Waals surface area contributed by atoms with Crippen LogP contribution in [0.25, 0.3) is 44.2 Å². The van der Waals surface area contributed by atoms with Crippen LogP contribution in [0.4, 0.5) is 22.7 Å². The lowest BCUT2D eigenvalue weighted by molar-refractivity contribution is 0.669. The summed E-state index contributed by atoms with van der Waals surface area (Å²) in [6.07, 6.45) is 17.9. The molecule has 2 aliphatic carbocycles. The van der Waals surface area contributed by atoms with Crippen LogP contribution < -0.4 is 9.80 Å². The number of rotatable bonds is 9. The number of nitrogens with zero attached hydrogens (tertiary/aromatic N) is 2. The molecule has 0 radical (unpaired) electrons. The molecule has 2 atom stereocenters. The van der Waals surface area contributed by atoms with Crippen LogP contribution in [0.2, 0.25) is 0 Å². The number of anilines is 4. The highest BCUT2D eigenvalue weighted by Gasteiger charge is 2.24. The molecule has 0 amide bonds. The van der Waals surface area contributed by atoms with Crippen molar-refractivity contribution >= 4 is 44.7 Å². The van der Waals surface area contributed by atoms with Gasteiger partial charge in [-0.05, 0) is 95.3 Å². The van der Waals surface area contributed by atoms with Crippen molar-refractivity contribution in [2.75, 3.05) is 9.80 Å². The number of allylic oxidation sites excluding steroid dienone is 5. The SMILES string of the molecule is C1=CCC(N(C2=CCC(c3ccc(N(c4ccccc4)c4cccc5c4oc4ccccc45)cc3)C=C2)c2ccc(-c3ccc(-c4ccccc4)cc3)cc2)C=C1. The summed E-state index contributed by atoms with van der Waals surface area (Å²) in [6.45, 7) is 0. The molecule has 0 saturated carbocycles. The van der Waals surface area contributed by atoms with Gasteiger partial charge in [-0.2, -0.15) is 0 Å². The molecular weight excluding hydrogens is 693 g/mol. The standard InChI is InChI=1S/C54H42N2O/c1-4-13-39(14-5-1)40-23-25-41(26-24-40)42-27-33-47(34-28-42)55(45-15-6-2-7-16-45)48-35-29-43(30-36-48)44-31-37-49(38-32-44)56(46-17-8-3-9-18-46)52-21-12-20-51-50-19-10-11-22-53(50)57-54(51)52/h1-15,17-29,31-38,43,45H,16,30H2. The Morgan fingerprint density at radius 1 is 0.474 bits per heavy atom. The number of furan rings is 1. The molecule has 3 heteroatoms. The summed E-state index contributed by atoms with van der Waals surface area (Å²) in [4.78, 5) is 4.80. The van der Waals surface area contributed by atoms with Gasteiger partial charge in [0.15, 0.2) is 5.58 Å². The maximum absolute atomic E-state index is 6.51. The first kappa shape index (κ1) is 34.4. The van der Waals surface area contributed by atoms with Gasteiger partial charge in [0.2, 0.25) is 0 Å². The molecule has 7 aromatic carbocycles. The normalized spacial score (nSPS) is 16.2. The summed E-state index contributed by atoms with van der Waals surface area (Å²) in [5.41, 5.74) is 13.6. The Morgan fingerprint density at radius 3 is 1.77 bits per heavy atom. The fraction of sp³-hybridized carbons (Fsp3) is 0.0741. The van der Waals surface area contributed by atoms with Gasteiger partial charge in [0.1, 0.15) is 5.58 Å². The average molecular weight is 735 g/mol. The third kappa shape index (κ3) is 6.79. The molecule has 0 fully saturated rings. The van der Waals surface area contributed by atoms with Gasteiger partial charge < -0.3 is 14.2 Å². The zero-order valence-corrected chi connectivity index (χ0v) is 31.7. The second kappa shape index (κ2) is 15.2. The van der Waals surface area contributed by atoms with Crippen LogP contribution >= 0.6 is 0 Å². The zero-order valence-electron chi connectivity index (χ0n) is 31.7. The summed E-state index contributed by atoms with van der Waals surface area (Å²) in [6, 6.07) is 63.1. The number of benzene rings is 7. The fourth-order valence-electron chi connectivity index (χ4n) is 8.41. The van der Waals surface area contributed by atoms with E-state index < -0.39 is 0 Å². The van der Waals surface area contributed by atoms with Crippen molar-refractivity contribution in [1.29, 1.82) is 0 Å². The molecule has 0 N–H and O–H groups in total. The van der Waals surface area contributed by atoms with Crippen molar-refractivity contribution in [2.45, 2.75) is 24.8 Å². The lowest BCUT2D eigenvalue weighted by Crippen LogP contribution is -2.33. The summed E-state index contributed by atoms with van der Waals surface area (Å²) in [5, 5.41) is 2.25. The Morgan fingerprint density at radius 2 is 1.09 bits per heavy atom. The minimum atomic E-state index is 0.248. The van der Waals surface area contributed by atoms with Crippen LogP contribution in [0.5, 0.6) is 0 Å². The van der Waals surface area contributed by atoms with Gasteiger partial charge in [-0.1, -0.05) is 164 Å². The second-order valence-electron chi connectivity index (χ2n) is 14.8. The van der Waals surface area contributed by atoms with Gasteiger partial charge in [-0.3, -0.25) is 0 Å². The molecule has 274 valence electrons. The van der Waals surface area contributed by atoms with E-state index in [0.717, 1.165) is 51.8 Å². The largest absolute Gasteiger partial charge is 0.454 e. The maximum Gasteiger partial charge on any atom is 0.159 e. The topological polar surface area (TPSA) is 19.6 Å².